The summed E-state index contributed by atoms with van der Waals surface area (Å²) in [4.78, 5) is 21.6. The average molecular weight is 312 g/mol. The van der Waals surface area contributed by atoms with Crippen LogP contribution < -0.4 is 4.84 Å². The second kappa shape index (κ2) is 5.96. The molecule has 0 radical (unpaired) electrons. The topological polar surface area (TPSA) is 82.2 Å². The Balaban J connectivity index is 2.00. The molecule has 0 amide bonds. The van der Waals surface area contributed by atoms with E-state index >= 15 is 0 Å². The Morgan fingerprint density at radius 3 is 2.65 bits per heavy atom. The molecule has 3 rings (SSSR count). The average Bonchev–Trinajstić information content (AvgIpc) is 3.09. The van der Waals surface area contributed by atoms with E-state index in [1.165, 1.54) is 4.73 Å². The van der Waals surface area contributed by atoms with E-state index in [4.69, 9.17) is 4.84 Å². The van der Waals surface area contributed by atoms with Crippen LogP contribution in [0.25, 0.3) is 11.4 Å². The summed E-state index contributed by atoms with van der Waals surface area (Å²) in [7, 11) is 1.78. The van der Waals surface area contributed by atoms with Gasteiger partial charge >= 0.3 is 5.97 Å². The summed E-state index contributed by atoms with van der Waals surface area (Å²) >= 11 is 0. The van der Waals surface area contributed by atoms with Crippen LogP contribution in [0.1, 0.15) is 21.7 Å². The predicted molar refractivity (Wildman–Crippen MR) is 82.9 cm³/mol. The highest BCUT2D eigenvalue weighted by Crippen LogP contribution is 2.21. The molecule has 3 aromatic rings. The number of imidazole rings is 1. The van der Waals surface area contributed by atoms with Gasteiger partial charge in [0, 0.05) is 13.2 Å². The molecule has 0 bridgehead atoms. The Kier molecular flexibility index (Phi) is 3.84. The van der Waals surface area contributed by atoms with Crippen molar-refractivity contribution in [3.05, 3.63) is 59.7 Å². The van der Waals surface area contributed by atoms with Gasteiger partial charge in [-0.3, -0.25) is 4.68 Å². The lowest BCUT2D eigenvalue weighted by Crippen LogP contribution is -2.18. The quantitative estimate of drug-likeness (QED) is 0.778. The highest BCUT2D eigenvalue weighted by molar-refractivity contribution is 5.88. The molecule has 0 saturated carbocycles. The molecule has 2 heterocycles. The third-order valence-electron chi connectivity index (χ3n) is 3.38. The van der Waals surface area contributed by atoms with Gasteiger partial charge in [0.15, 0.2) is 11.5 Å². The van der Waals surface area contributed by atoms with E-state index in [1.54, 1.807) is 31.0 Å². The normalized spacial score (nSPS) is 10.7. The SMILES string of the molecule is Cc1nc(-c2cnn(C)c2)n(OCc2ccccc2)c1C(=O)O. The molecule has 7 nitrogen and oxygen atoms in total. The number of aromatic carboxylic acids is 1. The molecule has 2 aromatic heterocycles. The first-order chi connectivity index (χ1) is 11.1. The van der Waals surface area contributed by atoms with Gasteiger partial charge in [-0.25, -0.2) is 9.78 Å². The van der Waals surface area contributed by atoms with E-state index in [2.05, 4.69) is 10.1 Å². The smallest absolute Gasteiger partial charge is 0.357 e. The highest BCUT2D eigenvalue weighted by atomic mass is 16.7. The zero-order chi connectivity index (χ0) is 16.4. The highest BCUT2D eigenvalue weighted by Gasteiger charge is 2.23. The number of benzene rings is 1. The molecule has 0 saturated heterocycles. The van der Waals surface area contributed by atoms with Crippen LogP contribution in [0.2, 0.25) is 0 Å². The van der Waals surface area contributed by atoms with Crippen molar-refractivity contribution in [1.29, 1.82) is 0 Å². The van der Waals surface area contributed by atoms with E-state index in [1.807, 2.05) is 30.3 Å². The Morgan fingerprint density at radius 1 is 1.30 bits per heavy atom. The molecule has 1 aromatic carbocycles. The van der Waals surface area contributed by atoms with Crippen LogP contribution in [-0.2, 0) is 13.7 Å². The van der Waals surface area contributed by atoms with Crippen molar-refractivity contribution < 1.29 is 14.7 Å². The van der Waals surface area contributed by atoms with Gasteiger partial charge in [0.2, 0.25) is 0 Å². The minimum Gasteiger partial charge on any atom is -0.476 e. The lowest BCUT2D eigenvalue weighted by Gasteiger charge is -2.11. The van der Waals surface area contributed by atoms with Gasteiger partial charge in [-0.15, -0.1) is 0 Å². The van der Waals surface area contributed by atoms with Gasteiger partial charge in [0.25, 0.3) is 0 Å². The van der Waals surface area contributed by atoms with E-state index in [0.29, 0.717) is 17.1 Å². The van der Waals surface area contributed by atoms with E-state index in [-0.39, 0.29) is 12.3 Å². The zero-order valence-corrected chi connectivity index (χ0v) is 12.8. The van der Waals surface area contributed by atoms with E-state index < -0.39 is 5.97 Å². The number of carboxylic acids is 1. The molecule has 0 spiro atoms. The van der Waals surface area contributed by atoms with Gasteiger partial charge in [-0.2, -0.15) is 9.83 Å². The molecule has 0 unspecified atom stereocenters. The first-order valence-electron chi connectivity index (χ1n) is 7.05. The molecule has 118 valence electrons. The largest absolute Gasteiger partial charge is 0.476 e. The van der Waals surface area contributed by atoms with Crippen molar-refractivity contribution in [3.8, 4) is 11.4 Å². The molecule has 1 N–H and O–H groups in total. The van der Waals surface area contributed by atoms with Crippen molar-refractivity contribution >= 4 is 5.97 Å². The number of hydrogen-bond donors (Lipinski definition) is 1. The maximum atomic E-state index is 11.5. The Labute approximate surface area is 132 Å². The number of aryl methyl sites for hydroxylation is 2. The second-order valence-electron chi connectivity index (χ2n) is 5.13. The summed E-state index contributed by atoms with van der Waals surface area (Å²) in [6.07, 6.45) is 3.38. The van der Waals surface area contributed by atoms with Crippen LogP contribution in [0, 0.1) is 6.92 Å². The lowest BCUT2D eigenvalue weighted by molar-refractivity contribution is 0.0574. The van der Waals surface area contributed by atoms with Gasteiger partial charge in [0.1, 0.15) is 6.61 Å². The molecule has 0 aliphatic carbocycles. The molecular weight excluding hydrogens is 296 g/mol. The molecule has 0 fully saturated rings. The van der Waals surface area contributed by atoms with E-state index in [9.17, 15) is 9.90 Å². The van der Waals surface area contributed by atoms with Crippen LogP contribution in [0.15, 0.2) is 42.7 Å². The number of hydrogen-bond acceptors (Lipinski definition) is 4. The maximum absolute atomic E-state index is 11.5. The van der Waals surface area contributed by atoms with Crippen LogP contribution >= 0.6 is 0 Å². The summed E-state index contributed by atoms with van der Waals surface area (Å²) in [5, 5.41) is 13.5. The summed E-state index contributed by atoms with van der Waals surface area (Å²) in [6.45, 7) is 1.88. The first-order valence-corrected chi connectivity index (χ1v) is 7.05. The Hall–Kier alpha value is -3.09. The molecule has 23 heavy (non-hydrogen) atoms. The van der Waals surface area contributed by atoms with Gasteiger partial charge in [-0.05, 0) is 12.5 Å². The summed E-state index contributed by atoms with van der Waals surface area (Å²) in [5.41, 5.74) is 2.03. The van der Waals surface area contributed by atoms with Crippen LogP contribution in [0.3, 0.4) is 0 Å². The Morgan fingerprint density at radius 2 is 2.04 bits per heavy atom. The fourth-order valence-corrected chi connectivity index (χ4v) is 2.31. The van der Waals surface area contributed by atoms with Crippen molar-refractivity contribution in [2.45, 2.75) is 13.5 Å². The number of rotatable bonds is 5. The summed E-state index contributed by atoms with van der Waals surface area (Å²) in [6, 6.07) is 9.53. The standard InChI is InChI=1S/C16H16N4O3/c1-11-14(16(21)22)20(23-10-12-6-4-3-5-7-12)15(18-11)13-8-17-19(2)9-13/h3-9H,10H2,1-2H3,(H,21,22). The summed E-state index contributed by atoms with van der Waals surface area (Å²) in [5.74, 6) is -0.665. The minimum atomic E-state index is -1.08. The minimum absolute atomic E-state index is 0.0137. The van der Waals surface area contributed by atoms with Crippen molar-refractivity contribution in [1.82, 2.24) is 19.5 Å². The molecule has 7 heteroatoms. The fraction of sp³-hybridized carbons (Fsp3) is 0.188. The number of carboxylic acid groups (broad SMARTS) is 1. The maximum Gasteiger partial charge on any atom is 0.357 e. The number of nitrogens with zero attached hydrogens (tertiary/aromatic N) is 4. The Bertz CT molecular complexity index is 836. The van der Waals surface area contributed by atoms with Gasteiger partial charge < -0.3 is 9.94 Å². The predicted octanol–water partition coefficient (Wildman–Crippen LogP) is 1.92. The molecular formula is C16H16N4O3. The van der Waals surface area contributed by atoms with E-state index in [0.717, 1.165) is 5.56 Å². The second-order valence-corrected chi connectivity index (χ2v) is 5.13. The molecule has 0 aliphatic heterocycles. The third kappa shape index (κ3) is 2.94. The van der Waals surface area contributed by atoms with Crippen molar-refractivity contribution in [3.63, 3.8) is 0 Å². The van der Waals surface area contributed by atoms with Gasteiger partial charge in [0.05, 0.1) is 17.5 Å². The van der Waals surface area contributed by atoms with Crippen molar-refractivity contribution in [2.24, 2.45) is 7.05 Å². The van der Waals surface area contributed by atoms with Crippen LogP contribution in [0.4, 0.5) is 0 Å². The molecule has 0 aliphatic rings. The van der Waals surface area contributed by atoms with Gasteiger partial charge in [-0.1, -0.05) is 30.3 Å². The number of carbonyl (C=O) groups is 1. The zero-order valence-electron chi connectivity index (χ0n) is 12.8. The van der Waals surface area contributed by atoms with Crippen LogP contribution in [-0.4, -0.2) is 30.6 Å². The van der Waals surface area contributed by atoms with Crippen molar-refractivity contribution in [2.75, 3.05) is 0 Å². The first kappa shape index (κ1) is 14.8. The molecule has 0 atom stereocenters. The van der Waals surface area contributed by atoms with Crippen LogP contribution in [0.5, 0.6) is 0 Å². The third-order valence-corrected chi connectivity index (χ3v) is 3.38. The monoisotopic (exact) mass is 312 g/mol. The lowest BCUT2D eigenvalue weighted by atomic mass is 10.2. The fourth-order valence-electron chi connectivity index (χ4n) is 2.31. The summed E-state index contributed by atoms with van der Waals surface area (Å²) < 4.78 is 2.89. The number of aromatic nitrogens is 4.